The Morgan fingerprint density at radius 2 is 2.21 bits per heavy atom. The first-order valence-electron chi connectivity index (χ1n) is 8.98. The molecule has 1 fully saturated rings. The average Bonchev–Trinajstić information content (AvgIpc) is 3.18. The summed E-state index contributed by atoms with van der Waals surface area (Å²) in [5.41, 5.74) is 1.95. The van der Waals surface area contributed by atoms with Gasteiger partial charge in [0.05, 0.1) is 11.3 Å². The molecule has 0 bridgehead atoms. The summed E-state index contributed by atoms with van der Waals surface area (Å²) >= 11 is 0. The van der Waals surface area contributed by atoms with E-state index in [2.05, 4.69) is 16.6 Å². The number of hydrogen-bond acceptors (Lipinski definition) is 4. The van der Waals surface area contributed by atoms with Crippen molar-refractivity contribution in [3.8, 4) is 17.0 Å². The molecule has 0 aliphatic carbocycles. The van der Waals surface area contributed by atoms with Crippen molar-refractivity contribution in [2.75, 3.05) is 13.1 Å². The van der Waals surface area contributed by atoms with Gasteiger partial charge in [0.15, 0.2) is 0 Å². The van der Waals surface area contributed by atoms with Crippen molar-refractivity contribution in [1.82, 2.24) is 9.88 Å². The van der Waals surface area contributed by atoms with Crippen LogP contribution in [0.3, 0.4) is 0 Å². The molecule has 0 spiro atoms. The minimum Gasteiger partial charge on any atom is -0.507 e. The first kappa shape index (κ1) is 18.0. The predicted molar refractivity (Wildman–Crippen MR) is 102 cm³/mol. The highest BCUT2D eigenvalue weighted by atomic mass is 19.1. The molecular weight excluding hydrogens is 361 g/mol. The van der Waals surface area contributed by atoms with Gasteiger partial charge in [-0.25, -0.2) is 9.38 Å². The third-order valence-corrected chi connectivity index (χ3v) is 5.23. The molecule has 7 heteroatoms. The minimum atomic E-state index is -0.613. The Kier molecular flexibility index (Phi) is 4.50. The van der Waals surface area contributed by atoms with E-state index in [9.17, 15) is 19.1 Å². The Bertz CT molecular complexity index is 1010. The number of rotatable bonds is 3. The summed E-state index contributed by atoms with van der Waals surface area (Å²) in [5, 5.41) is 9.96. The Morgan fingerprint density at radius 3 is 2.96 bits per heavy atom. The van der Waals surface area contributed by atoms with Crippen molar-refractivity contribution < 1.29 is 19.1 Å². The average molecular weight is 379 g/mol. The highest BCUT2D eigenvalue weighted by molar-refractivity contribution is 6.10. The van der Waals surface area contributed by atoms with E-state index in [4.69, 9.17) is 0 Å². The summed E-state index contributed by atoms with van der Waals surface area (Å²) in [5.74, 6) is -1.36. The number of hydrogen-bond donors (Lipinski definition) is 1. The minimum absolute atomic E-state index is 0.0243. The SMILES string of the molecule is C=CC(=O)N1CC[C@@H](C2=NC(=O)c3cc(-c4c(O)cccc4F)ncc3C2)C1. The number of aromatic nitrogens is 1. The monoisotopic (exact) mass is 379 g/mol. The van der Waals surface area contributed by atoms with Crippen LogP contribution in [0.5, 0.6) is 5.75 Å². The predicted octanol–water partition coefficient (Wildman–Crippen LogP) is 2.77. The molecule has 0 unspecified atom stereocenters. The molecule has 0 saturated carbocycles. The zero-order valence-electron chi connectivity index (χ0n) is 15.1. The number of likely N-dealkylation sites (tertiary alicyclic amines) is 1. The van der Waals surface area contributed by atoms with Crippen LogP contribution in [0.4, 0.5) is 4.39 Å². The molecule has 2 amide bonds. The number of nitrogens with zero attached hydrogens (tertiary/aromatic N) is 3. The van der Waals surface area contributed by atoms with E-state index in [1.54, 1.807) is 4.90 Å². The van der Waals surface area contributed by atoms with Crippen LogP contribution >= 0.6 is 0 Å². The maximum atomic E-state index is 14.1. The molecule has 1 aromatic heterocycles. The highest BCUT2D eigenvalue weighted by Crippen LogP contribution is 2.33. The lowest BCUT2D eigenvalue weighted by Crippen LogP contribution is -2.30. The van der Waals surface area contributed by atoms with E-state index in [-0.39, 0.29) is 28.8 Å². The number of amides is 2. The number of phenols is 1. The number of benzene rings is 1. The van der Waals surface area contributed by atoms with Crippen LogP contribution in [0, 0.1) is 11.7 Å². The first-order valence-corrected chi connectivity index (χ1v) is 8.98. The molecule has 1 saturated heterocycles. The van der Waals surface area contributed by atoms with Crippen LogP contribution in [0.25, 0.3) is 11.3 Å². The van der Waals surface area contributed by atoms with Gasteiger partial charge in [-0.15, -0.1) is 0 Å². The number of halogens is 1. The molecule has 2 aromatic rings. The number of carbonyl (C=O) groups excluding carboxylic acids is 2. The molecular formula is C21H18FN3O3. The van der Waals surface area contributed by atoms with Gasteiger partial charge in [-0.1, -0.05) is 12.6 Å². The lowest BCUT2D eigenvalue weighted by Gasteiger charge is -2.20. The Labute approximate surface area is 161 Å². The zero-order chi connectivity index (χ0) is 19.8. The van der Waals surface area contributed by atoms with E-state index >= 15 is 0 Å². The second-order valence-corrected chi connectivity index (χ2v) is 6.92. The fourth-order valence-electron chi connectivity index (χ4n) is 3.75. The molecule has 2 aliphatic rings. The largest absolute Gasteiger partial charge is 0.507 e. The van der Waals surface area contributed by atoms with Crippen molar-refractivity contribution >= 4 is 17.5 Å². The van der Waals surface area contributed by atoms with Gasteiger partial charge in [-0.3, -0.25) is 14.6 Å². The maximum Gasteiger partial charge on any atom is 0.277 e. The summed E-state index contributed by atoms with van der Waals surface area (Å²) < 4.78 is 14.1. The molecule has 1 N–H and O–H groups in total. The van der Waals surface area contributed by atoms with Gasteiger partial charge >= 0.3 is 0 Å². The van der Waals surface area contributed by atoms with Gasteiger partial charge in [0, 0.05) is 42.9 Å². The zero-order valence-corrected chi connectivity index (χ0v) is 15.1. The van der Waals surface area contributed by atoms with Crippen molar-refractivity contribution in [3.63, 3.8) is 0 Å². The second-order valence-electron chi connectivity index (χ2n) is 6.92. The van der Waals surface area contributed by atoms with Crippen LogP contribution in [0.15, 0.2) is 48.1 Å². The van der Waals surface area contributed by atoms with Crippen LogP contribution < -0.4 is 0 Å². The van der Waals surface area contributed by atoms with Gasteiger partial charge < -0.3 is 10.0 Å². The summed E-state index contributed by atoms with van der Waals surface area (Å²) in [6, 6.07) is 5.47. The van der Waals surface area contributed by atoms with E-state index in [0.717, 1.165) is 12.1 Å². The van der Waals surface area contributed by atoms with Gasteiger partial charge in [0.25, 0.3) is 5.91 Å². The molecule has 6 nitrogen and oxygen atoms in total. The molecule has 0 radical (unpaired) electrons. The summed E-state index contributed by atoms with van der Waals surface area (Å²) in [4.78, 5) is 34.6. The van der Waals surface area contributed by atoms with Crippen LogP contribution in [-0.4, -0.2) is 45.6 Å². The smallest absolute Gasteiger partial charge is 0.277 e. The molecule has 4 rings (SSSR count). The second kappa shape index (κ2) is 6.99. The van der Waals surface area contributed by atoms with Gasteiger partial charge in [0.1, 0.15) is 11.6 Å². The van der Waals surface area contributed by atoms with Crippen LogP contribution in [-0.2, 0) is 11.2 Å². The number of fused-ring (bicyclic) bond motifs is 1. The number of pyridine rings is 1. The summed E-state index contributed by atoms with van der Waals surface area (Å²) in [6.45, 7) is 4.63. The Hall–Kier alpha value is -3.35. The normalized spacial score (nSPS) is 18.6. The maximum absolute atomic E-state index is 14.1. The highest BCUT2D eigenvalue weighted by Gasteiger charge is 2.32. The fraction of sp³-hybridized carbons (Fsp3) is 0.238. The van der Waals surface area contributed by atoms with E-state index in [1.807, 2.05) is 0 Å². The lowest BCUT2D eigenvalue weighted by molar-refractivity contribution is -0.125. The number of carbonyl (C=O) groups is 2. The fourth-order valence-corrected chi connectivity index (χ4v) is 3.75. The third kappa shape index (κ3) is 3.09. The molecule has 2 aliphatic heterocycles. The summed E-state index contributed by atoms with van der Waals surface area (Å²) in [6.07, 6.45) is 4.02. The van der Waals surface area contributed by atoms with E-state index < -0.39 is 11.7 Å². The van der Waals surface area contributed by atoms with Crippen molar-refractivity contribution in [1.29, 1.82) is 0 Å². The van der Waals surface area contributed by atoms with E-state index in [0.29, 0.717) is 30.6 Å². The molecule has 1 aromatic carbocycles. The molecule has 142 valence electrons. The lowest BCUT2D eigenvalue weighted by atomic mass is 9.91. The topological polar surface area (TPSA) is 82.9 Å². The van der Waals surface area contributed by atoms with Crippen molar-refractivity contribution in [3.05, 3.63) is 60.1 Å². The van der Waals surface area contributed by atoms with Crippen LogP contribution in [0.2, 0.25) is 0 Å². The number of phenolic OH excluding ortho intramolecular Hbond substituents is 1. The third-order valence-electron chi connectivity index (χ3n) is 5.23. The van der Waals surface area contributed by atoms with Crippen LogP contribution in [0.1, 0.15) is 22.3 Å². The standard InChI is InChI=1S/C21H18FN3O3/c1-2-19(27)25-7-6-12(11-25)16-8-13-10-23-17(9-14(13)21(28)24-16)20-15(22)4-3-5-18(20)26/h2-5,9-10,12,26H,1,6-8,11H2/t12-/m1/s1. The Morgan fingerprint density at radius 1 is 1.39 bits per heavy atom. The molecule has 3 heterocycles. The quantitative estimate of drug-likeness (QED) is 0.832. The first-order chi connectivity index (χ1) is 13.5. The Balaban J connectivity index is 1.61. The van der Waals surface area contributed by atoms with E-state index in [1.165, 1.54) is 36.5 Å². The van der Waals surface area contributed by atoms with Crippen molar-refractivity contribution in [2.45, 2.75) is 12.8 Å². The van der Waals surface area contributed by atoms with Gasteiger partial charge in [-0.2, -0.15) is 0 Å². The van der Waals surface area contributed by atoms with Crippen molar-refractivity contribution in [2.24, 2.45) is 10.9 Å². The molecule has 1 atom stereocenters. The number of aromatic hydroxyl groups is 1. The van der Waals surface area contributed by atoms with Gasteiger partial charge in [0.2, 0.25) is 5.91 Å². The molecule has 28 heavy (non-hydrogen) atoms. The summed E-state index contributed by atoms with van der Waals surface area (Å²) in [7, 11) is 0. The number of aliphatic imine (C=N–C) groups is 1. The van der Waals surface area contributed by atoms with Gasteiger partial charge in [-0.05, 0) is 36.3 Å².